The third-order valence-electron chi connectivity index (χ3n) is 3.21. The molecule has 2 aromatic heterocycles. The van der Waals surface area contributed by atoms with Crippen LogP contribution < -0.4 is 5.73 Å². The first-order chi connectivity index (χ1) is 9.52. The number of hydrogen-bond donors (Lipinski definition) is 4. The Labute approximate surface area is 116 Å². The zero-order chi connectivity index (χ0) is 14.4. The summed E-state index contributed by atoms with van der Waals surface area (Å²) in [5, 5.41) is 28.7. The van der Waals surface area contributed by atoms with Gasteiger partial charge in [0.2, 0.25) is 0 Å². The zero-order valence-corrected chi connectivity index (χ0v) is 10.6. The maximum atomic E-state index is 13.2. The van der Waals surface area contributed by atoms with E-state index in [4.69, 9.17) is 15.6 Å². The molecule has 0 unspecified atom stereocenters. The summed E-state index contributed by atoms with van der Waals surface area (Å²) in [7, 11) is 0. The average Bonchev–Trinajstić information content (AvgIpc) is 2.93. The number of rotatable bonds is 2. The second kappa shape index (κ2) is 5.46. The summed E-state index contributed by atoms with van der Waals surface area (Å²) < 4.78 is 19.8. The van der Waals surface area contributed by atoms with Gasteiger partial charge in [-0.3, -0.25) is 4.57 Å². The highest BCUT2D eigenvalue weighted by atomic mass is 19.1. The summed E-state index contributed by atoms with van der Waals surface area (Å²) >= 11 is 0. The summed E-state index contributed by atoms with van der Waals surface area (Å²) in [5.74, 6) is -0.141. The fourth-order valence-electron chi connectivity index (χ4n) is 2.21. The van der Waals surface area contributed by atoms with Gasteiger partial charge in [0.25, 0.3) is 0 Å². The summed E-state index contributed by atoms with van der Waals surface area (Å²) in [6.45, 7) is -0.465. The van der Waals surface area contributed by atoms with Crippen LogP contribution in [0.5, 0.6) is 0 Å². The second-order valence-corrected chi connectivity index (χ2v) is 4.43. The Morgan fingerprint density at radius 2 is 2.05 bits per heavy atom. The van der Waals surface area contributed by atoms with Gasteiger partial charge in [0.15, 0.2) is 23.2 Å². The Kier molecular flexibility index (Phi) is 4.02. The predicted molar refractivity (Wildman–Crippen MR) is 66.3 cm³/mol. The summed E-state index contributed by atoms with van der Waals surface area (Å²) in [5.41, 5.74) is 5.71. The number of nitrogen functional groups attached to an aromatic ring is 1. The van der Waals surface area contributed by atoms with Crippen molar-refractivity contribution in [3.63, 3.8) is 0 Å². The third kappa shape index (κ3) is 2.30. The molecule has 0 saturated carbocycles. The van der Waals surface area contributed by atoms with Crippen molar-refractivity contribution in [2.75, 3.05) is 12.3 Å². The van der Waals surface area contributed by atoms with Crippen molar-refractivity contribution in [1.82, 2.24) is 19.5 Å². The highest BCUT2D eigenvalue weighted by Gasteiger charge is 2.44. The number of nitrogens with two attached hydrogens (primary N) is 1. The van der Waals surface area contributed by atoms with Crippen LogP contribution in [0, 0.1) is 6.08 Å². The van der Waals surface area contributed by atoms with E-state index in [0.29, 0.717) is 0 Å². The first-order valence-electron chi connectivity index (χ1n) is 5.81. The van der Waals surface area contributed by atoms with Crippen molar-refractivity contribution in [3.05, 3.63) is 12.4 Å². The number of imidazole rings is 1. The van der Waals surface area contributed by atoms with E-state index in [1.807, 2.05) is 0 Å². The van der Waals surface area contributed by atoms with Gasteiger partial charge in [-0.2, -0.15) is 14.4 Å². The molecule has 116 valence electrons. The van der Waals surface area contributed by atoms with Crippen LogP contribution in [-0.2, 0) is 4.74 Å². The second-order valence-electron chi connectivity index (χ2n) is 4.43. The minimum Gasteiger partial charge on any atom is -0.412 e. The van der Waals surface area contributed by atoms with E-state index in [1.54, 1.807) is 0 Å². The average molecular weight is 303 g/mol. The number of ether oxygens (including phenoxy) is 1. The van der Waals surface area contributed by atoms with Gasteiger partial charge >= 0.3 is 6.08 Å². The van der Waals surface area contributed by atoms with E-state index in [2.05, 4.69) is 15.0 Å². The molecule has 0 spiro atoms. The van der Waals surface area contributed by atoms with Crippen LogP contribution in [0.3, 0.4) is 0 Å². The molecule has 0 bridgehead atoms. The van der Waals surface area contributed by atoms with Gasteiger partial charge in [-0.25, -0.2) is 4.98 Å². The molecule has 0 aliphatic carbocycles. The molecule has 0 aromatic carbocycles. The SMILES string of the molecule is Nc1nc(F)nc2c1ncn2[C@@H]1O[C@H](CO)[C@@H](O)[C@@H]1O.O. The fraction of sp³-hybridized carbons (Fsp3) is 0.500. The van der Waals surface area contributed by atoms with Gasteiger partial charge in [0, 0.05) is 0 Å². The van der Waals surface area contributed by atoms with Crippen molar-refractivity contribution in [3.8, 4) is 0 Å². The van der Waals surface area contributed by atoms with Crippen LogP contribution in [0.2, 0.25) is 0 Å². The first kappa shape index (κ1) is 15.5. The Morgan fingerprint density at radius 3 is 2.67 bits per heavy atom. The lowest BCUT2D eigenvalue weighted by Crippen LogP contribution is -2.33. The molecule has 1 saturated heterocycles. The number of hydrogen-bond acceptors (Lipinski definition) is 8. The molecule has 1 aliphatic heterocycles. The summed E-state index contributed by atoms with van der Waals surface area (Å²) in [6.07, 6.45) is -4.38. The Balaban J connectivity index is 0.00000161. The molecule has 0 radical (unpaired) electrons. The predicted octanol–water partition coefficient (Wildman–Crippen LogP) is -2.67. The number of nitrogens with zero attached hydrogens (tertiary/aromatic N) is 4. The number of aliphatic hydroxyl groups excluding tert-OH is 3. The molecular formula is C10H14FN5O5. The van der Waals surface area contributed by atoms with E-state index in [9.17, 15) is 14.6 Å². The van der Waals surface area contributed by atoms with E-state index in [1.165, 1.54) is 10.9 Å². The molecule has 0 amide bonds. The first-order valence-corrected chi connectivity index (χ1v) is 5.81. The highest BCUT2D eigenvalue weighted by Crippen LogP contribution is 2.31. The van der Waals surface area contributed by atoms with E-state index in [0.717, 1.165) is 0 Å². The van der Waals surface area contributed by atoms with Gasteiger partial charge in [0.05, 0.1) is 12.9 Å². The molecule has 21 heavy (non-hydrogen) atoms. The van der Waals surface area contributed by atoms with E-state index < -0.39 is 37.2 Å². The summed E-state index contributed by atoms with van der Waals surface area (Å²) in [4.78, 5) is 10.8. The lowest BCUT2D eigenvalue weighted by Gasteiger charge is -2.16. The van der Waals surface area contributed by atoms with Crippen molar-refractivity contribution >= 4 is 17.0 Å². The minimum absolute atomic E-state index is 0. The topological polar surface area (TPSA) is 171 Å². The quantitative estimate of drug-likeness (QED) is 0.435. The normalized spacial score (nSPS) is 28.8. The van der Waals surface area contributed by atoms with E-state index >= 15 is 0 Å². The Bertz CT molecular complexity index is 652. The molecule has 10 nitrogen and oxygen atoms in total. The van der Waals surface area contributed by atoms with Crippen molar-refractivity contribution in [2.24, 2.45) is 0 Å². The molecule has 1 fully saturated rings. The minimum atomic E-state index is -1.32. The Hall–Kier alpha value is -1.92. The third-order valence-corrected chi connectivity index (χ3v) is 3.21. The summed E-state index contributed by atoms with van der Waals surface area (Å²) in [6, 6.07) is 0. The van der Waals surface area contributed by atoms with E-state index in [-0.39, 0.29) is 22.5 Å². The smallest absolute Gasteiger partial charge is 0.312 e. The molecule has 3 rings (SSSR count). The maximum Gasteiger partial charge on any atom is 0.312 e. The fourth-order valence-corrected chi connectivity index (χ4v) is 2.21. The number of aromatic nitrogens is 4. The van der Waals surface area contributed by atoms with Crippen molar-refractivity contribution in [1.29, 1.82) is 0 Å². The molecule has 7 N–H and O–H groups in total. The molecule has 11 heteroatoms. The van der Waals surface area contributed by atoms with Gasteiger partial charge < -0.3 is 31.3 Å². The highest BCUT2D eigenvalue weighted by molar-refractivity contribution is 5.81. The maximum absolute atomic E-state index is 13.2. The van der Waals surface area contributed by atoms with Crippen LogP contribution in [0.4, 0.5) is 10.2 Å². The zero-order valence-electron chi connectivity index (χ0n) is 10.6. The standard InChI is InChI=1S/C10H12FN5O4.H2O/c11-10-14-7(12)4-8(15-10)16(2-13-4)9-6(19)5(18)3(1-17)20-9;/h2-3,5-6,9,17-19H,1H2,(H2,12,14,15);1H2/t3-,5-,6+,9-;/m1./s1. The molecule has 2 aromatic rings. The van der Waals surface area contributed by atoms with Crippen molar-refractivity contribution in [2.45, 2.75) is 24.5 Å². The molecule has 3 heterocycles. The molecular weight excluding hydrogens is 289 g/mol. The van der Waals surface area contributed by atoms with Crippen LogP contribution >= 0.6 is 0 Å². The largest absolute Gasteiger partial charge is 0.412 e. The van der Waals surface area contributed by atoms with Crippen molar-refractivity contribution < 1.29 is 29.9 Å². The number of anilines is 1. The monoisotopic (exact) mass is 303 g/mol. The van der Waals surface area contributed by atoms with Crippen LogP contribution in [0.25, 0.3) is 11.2 Å². The van der Waals surface area contributed by atoms with Crippen LogP contribution in [0.1, 0.15) is 6.23 Å². The van der Waals surface area contributed by atoms with Gasteiger partial charge in [-0.05, 0) is 0 Å². The lowest BCUT2D eigenvalue weighted by atomic mass is 10.1. The van der Waals surface area contributed by atoms with Crippen LogP contribution in [-0.4, -0.2) is 65.2 Å². The van der Waals surface area contributed by atoms with Gasteiger partial charge in [-0.1, -0.05) is 0 Å². The molecule has 4 atom stereocenters. The Morgan fingerprint density at radius 1 is 1.33 bits per heavy atom. The number of halogens is 1. The van der Waals surface area contributed by atoms with Gasteiger partial charge in [-0.15, -0.1) is 0 Å². The molecule has 1 aliphatic rings. The number of aliphatic hydroxyl groups is 3. The lowest BCUT2D eigenvalue weighted by molar-refractivity contribution is -0.0511. The van der Waals surface area contributed by atoms with Gasteiger partial charge in [0.1, 0.15) is 18.3 Å². The number of fused-ring (bicyclic) bond motifs is 1. The van der Waals surface area contributed by atoms with Crippen LogP contribution in [0.15, 0.2) is 6.33 Å².